The van der Waals surface area contributed by atoms with E-state index in [1.165, 1.54) is 22.3 Å². The summed E-state index contributed by atoms with van der Waals surface area (Å²) in [5.74, 6) is 1.44. The molecular weight excluding hydrogens is 424 g/mol. The lowest BCUT2D eigenvalue weighted by molar-refractivity contribution is -0.0348. The summed E-state index contributed by atoms with van der Waals surface area (Å²) in [4.78, 5) is 15.3. The maximum Gasteiger partial charge on any atom is 0.407 e. The average Bonchev–Trinajstić information content (AvgIpc) is 3.09. The second-order valence-corrected chi connectivity index (χ2v) is 11.0. The number of carbonyl (C=O) groups is 1. The van der Waals surface area contributed by atoms with Gasteiger partial charge in [-0.15, -0.1) is 0 Å². The fourth-order valence-electron chi connectivity index (χ4n) is 5.92. The number of alkyl carbamates (subject to hydrolysis) is 1. The molecule has 1 N–H and O–H groups in total. The first-order valence-corrected chi connectivity index (χ1v) is 13.0. The molecule has 0 saturated carbocycles. The fraction of sp³-hybridized carbons (Fsp3) is 0.552. The number of amides is 1. The Morgan fingerprint density at radius 2 is 1.82 bits per heavy atom. The van der Waals surface area contributed by atoms with E-state index in [0.717, 1.165) is 64.1 Å². The van der Waals surface area contributed by atoms with Gasteiger partial charge in [0.2, 0.25) is 0 Å². The van der Waals surface area contributed by atoms with Crippen molar-refractivity contribution in [3.63, 3.8) is 0 Å². The number of hydrogen-bond acceptors (Lipinski definition) is 4. The van der Waals surface area contributed by atoms with Gasteiger partial charge in [-0.05, 0) is 84.5 Å². The largest absolute Gasteiger partial charge is 0.494 e. The second-order valence-electron chi connectivity index (χ2n) is 11.0. The number of nitrogens with zero attached hydrogens (tertiary/aromatic N) is 1. The van der Waals surface area contributed by atoms with Gasteiger partial charge in [-0.3, -0.25) is 4.90 Å². The maximum atomic E-state index is 12.9. The van der Waals surface area contributed by atoms with Crippen LogP contribution in [0.1, 0.15) is 63.6 Å². The van der Waals surface area contributed by atoms with E-state index in [1.807, 2.05) is 0 Å². The van der Waals surface area contributed by atoms with Crippen LogP contribution in [0.15, 0.2) is 42.5 Å². The van der Waals surface area contributed by atoms with Crippen molar-refractivity contribution in [2.75, 3.05) is 26.2 Å². The van der Waals surface area contributed by atoms with Crippen molar-refractivity contribution in [1.29, 1.82) is 0 Å². The molecule has 2 atom stereocenters. The van der Waals surface area contributed by atoms with Gasteiger partial charge in [0.05, 0.1) is 12.6 Å². The second kappa shape index (κ2) is 9.61. The van der Waals surface area contributed by atoms with Crippen LogP contribution in [0.25, 0.3) is 11.1 Å². The zero-order valence-electron chi connectivity index (χ0n) is 20.8. The molecular formula is C29H38N2O3. The molecule has 2 bridgehead atoms. The molecule has 4 aliphatic rings. The Morgan fingerprint density at radius 1 is 1.09 bits per heavy atom. The average molecular weight is 463 g/mol. The summed E-state index contributed by atoms with van der Waals surface area (Å²) in [5, 5.41) is 3.23. The van der Waals surface area contributed by atoms with E-state index >= 15 is 0 Å². The number of ether oxygens (including phenoxy) is 2. The highest BCUT2D eigenvalue weighted by Gasteiger charge is 2.42. The van der Waals surface area contributed by atoms with Gasteiger partial charge < -0.3 is 14.8 Å². The van der Waals surface area contributed by atoms with Gasteiger partial charge in [0.1, 0.15) is 11.9 Å². The van der Waals surface area contributed by atoms with Crippen LogP contribution < -0.4 is 10.1 Å². The number of rotatable bonds is 7. The molecule has 0 radical (unpaired) electrons. The molecule has 0 spiro atoms. The molecule has 5 heteroatoms. The molecule has 3 aliphatic heterocycles. The highest BCUT2D eigenvalue weighted by Crippen LogP contribution is 2.46. The van der Waals surface area contributed by atoms with Crippen LogP contribution in [0.2, 0.25) is 0 Å². The Hall–Kier alpha value is -2.53. The summed E-state index contributed by atoms with van der Waals surface area (Å²) in [5.41, 5.74) is 4.83. The first-order valence-electron chi connectivity index (χ1n) is 13.0. The third-order valence-corrected chi connectivity index (χ3v) is 7.95. The zero-order chi connectivity index (χ0) is 23.7. The normalized spacial score (nSPS) is 26.7. The van der Waals surface area contributed by atoms with Crippen LogP contribution in [-0.2, 0) is 11.2 Å². The minimum absolute atomic E-state index is 0.0304. The Bertz CT molecular complexity index is 1010. The van der Waals surface area contributed by atoms with Gasteiger partial charge in [0.25, 0.3) is 0 Å². The smallest absolute Gasteiger partial charge is 0.407 e. The van der Waals surface area contributed by atoms with E-state index in [1.54, 1.807) is 0 Å². The summed E-state index contributed by atoms with van der Waals surface area (Å²) in [6.45, 7) is 10.6. The van der Waals surface area contributed by atoms with Gasteiger partial charge in [0, 0.05) is 6.54 Å². The maximum absolute atomic E-state index is 12.9. The number of hydrogen-bond donors (Lipinski definition) is 1. The van der Waals surface area contributed by atoms with Crippen molar-refractivity contribution in [3.8, 4) is 16.9 Å². The molecule has 1 aliphatic carbocycles. The number of fused-ring (bicyclic) bond motifs is 4. The quantitative estimate of drug-likeness (QED) is 0.515. The molecule has 5 nitrogen and oxygen atoms in total. The minimum Gasteiger partial charge on any atom is -0.494 e. The van der Waals surface area contributed by atoms with Crippen LogP contribution in [0, 0.1) is 11.3 Å². The van der Waals surface area contributed by atoms with E-state index in [4.69, 9.17) is 9.47 Å². The Balaban J connectivity index is 1.26. The van der Waals surface area contributed by atoms with Crippen molar-refractivity contribution in [3.05, 3.63) is 53.6 Å². The predicted octanol–water partition coefficient (Wildman–Crippen LogP) is 5.98. The number of unbranched alkanes of at least 4 members (excludes halogenated alkanes) is 1. The van der Waals surface area contributed by atoms with Crippen molar-refractivity contribution in [2.45, 2.75) is 65.0 Å². The summed E-state index contributed by atoms with van der Waals surface area (Å²) >= 11 is 0. The first-order chi connectivity index (χ1) is 16.4. The van der Waals surface area contributed by atoms with E-state index < -0.39 is 0 Å². The lowest BCUT2D eigenvalue weighted by Crippen LogP contribution is -2.53. The van der Waals surface area contributed by atoms with E-state index in [2.05, 4.69) is 73.5 Å². The highest BCUT2D eigenvalue weighted by molar-refractivity contribution is 5.70. The van der Waals surface area contributed by atoms with Gasteiger partial charge in [-0.2, -0.15) is 0 Å². The number of carbonyl (C=O) groups excluding carboxylic acids is 1. The summed E-state index contributed by atoms with van der Waals surface area (Å²) < 4.78 is 11.7. The Morgan fingerprint density at radius 3 is 2.50 bits per heavy atom. The summed E-state index contributed by atoms with van der Waals surface area (Å²) in [7, 11) is 0. The molecule has 1 unspecified atom stereocenters. The lowest BCUT2D eigenvalue weighted by Gasteiger charge is -2.44. The predicted molar refractivity (Wildman–Crippen MR) is 135 cm³/mol. The van der Waals surface area contributed by atoms with Crippen molar-refractivity contribution >= 4 is 6.09 Å². The van der Waals surface area contributed by atoms with Crippen LogP contribution in [-0.4, -0.2) is 43.3 Å². The van der Waals surface area contributed by atoms with E-state index in [9.17, 15) is 4.79 Å². The molecule has 6 rings (SSSR count). The number of benzene rings is 2. The molecule has 3 heterocycles. The van der Waals surface area contributed by atoms with Gasteiger partial charge in [-0.1, -0.05) is 57.5 Å². The molecule has 182 valence electrons. The SMILES string of the molecule is CCCCOc1ccc(-c2ccc3c(c2)CC(C)(C)C3NC(=O)O[C@H]2CN3CCC2CC3)cc1. The molecule has 1 amide bonds. The van der Waals surface area contributed by atoms with Crippen molar-refractivity contribution < 1.29 is 14.3 Å². The molecule has 34 heavy (non-hydrogen) atoms. The van der Waals surface area contributed by atoms with Gasteiger partial charge in [0.15, 0.2) is 0 Å². The summed E-state index contributed by atoms with van der Waals surface area (Å²) in [6.07, 6.45) is 5.19. The first kappa shape index (κ1) is 23.2. The number of piperidine rings is 3. The van der Waals surface area contributed by atoms with Crippen LogP contribution >= 0.6 is 0 Å². The van der Waals surface area contributed by atoms with E-state index in [-0.39, 0.29) is 23.7 Å². The summed E-state index contributed by atoms with van der Waals surface area (Å²) in [6, 6.07) is 15.0. The molecule has 2 aromatic carbocycles. The van der Waals surface area contributed by atoms with Crippen molar-refractivity contribution in [2.24, 2.45) is 11.3 Å². The molecule has 2 aromatic rings. The standard InChI is InChI=1S/C29H38N2O3/c1-4-5-16-33-24-9-6-20(7-10-24)22-8-11-25-23(17-22)18-29(2,3)27(25)30-28(32)34-26-19-31-14-12-21(26)13-15-31/h6-11,17,21,26-27H,4-5,12-16,18-19H2,1-3H3,(H,30,32)/t26-,27?/m0/s1. The fourth-order valence-corrected chi connectivity index (χ4v) is 5.92. The van der Waals surface area contributed by atoms with Crippen LogP contribution in [0.5, 0.6) is 5.75 Å². The highest BCUT2D eigenvalue weighted by atomic mass is 16.6. The molecule has 3 fully saturated rings. The topological polar surface area (TPSA) is 50.8 Å². The monoisotopic (exact) mass is 462 g/mol. The Labute approximate surface area is 203 Å². The third kappa shape index (κ3) is 4.81. The lowest BCUT2D eigenvalue weighted by atomic mass is 9.85. The van der Waals surface area contributed by atoms with E-state index in [0.29, 0.717) is 5.92 Å². The number of nitrogens with one attached hydrogen (secondary N) is 1. The zero-order valence-corrected chi connectivity index (χ0v) is 20.8. The third-order valence-electron chi connectivity index (χ3n) is 7.95. The molecule has 3 saturated heterocycles. The van der Waals surface area contributed by atoms with Gasteiger partial charge in [-0.25, -0.2) is 4.79 Å². The molecule has 0 aromatic heterocycles. The van der Waals surface area contributed by atoms with Crippen molar-refractivity contribution in [1.82, 2.24) is 10.2 Å². The minimum atomic E-state index is -0.271. The van der Waals surface area contributed by atoms with Crippen LogP contribution in [0.3, 0.4) is 0 Å². The Kier molecular flexibility index (Phi) is 6.57. The van der Waals surface area contributed by atoms with Gasteiger partial charge >= 0.3 is 6.09 Å². The van der Waals surface area contributed by atoms with Crippen LogP contribution in [0.4, 0.5) is 4.79 Å².